The van der Waals surface area contributed by atoms with Gasteiger partial charge in [0, 0.05) is 44.5 Å². The maximum Gasteiger partial charge on any atom is 0.289 e. The molecule has 1 saturated carbocycles. The molecule has 2 fully saturated rings. The number of nitrogens with zero attached hydrogens (tertiary/aromatic N) is 3. The van der Waals surface area contributed by atoms with Crippen LogP contribution in [0.1, 0.15) is 59.5 Å². The first-order valence-corrected chi connectivity index (χ1v) is 13.2. The predicted octanol–water partition coefficient (Wildman–Crippen LogP) is 6.02. The van der Waals surface area contributed by atoms with Crippen molar-refractivity contribution >= 4 is 11.6 Å². The van der Waals surface area contributed by atoms with Crippen molar-refractivity contribution in [1.82, 2.24) is 9.80 Å². The lowest BCUT2D eigenvalue weighted by molar-refractivity contribution is 0.0707. The molecular weight excluding hydrogens is 453 g/mol. The molecule has 1 aliphatic carbocycles. The molecule has 0 atom stereocenters. The lowest BCUT2D eigenvalue weighted by Gasteiger charge is -2.36. The number of furan rings is 1. The Morgan fingerprint density at radius 3 is 2.47 bits per heavy atom. The van der Waals surface area contributed by atoms with Crippen molar-refractivity contribution in [3.63, 3.8) is 0 Å². The topological polar surface area (TPSA) is 39.9 Å². The van der Waals surface area contributed by atoms with Gasteiger partial charge >= 0.3 is 0 Å². The van der Waals surface area contributed by atoms with E-state index in [1.54, 1.807) is 12.1 Å². The molecule has 2 heterocycles. The molecule has 1 amide bonds. The van der Waals surface area contributed by atoms with Gasteiger partial charge in [0.25, 0.3) is 5.91 Å². The molecule has 1 saturated heterocycles. The van der Waals surface area contributed by atoms with E-state index in [0.29, 0.717) is 38.0 Å². The number of benzene rings is 2. The normalized spacial score (nSPS) is 17.1. The molecule has 5 rings (SSSR count). The van der Waals surface area contributed by atoms with E-state index in [1.165, 1.54) is 36.6 Å². The molecule has 0 N–H and O–H groups in total. The van der Waals surface area contributed by atoms with Gasteiger partial charge in [0.2, 0.25) is 0 Å². The van der Waals surface area contributed by atoms with Gasteiger partial charge in [0.1, 0.15) is 11.6 Å². The summed E-state index contributed by atoms with van der Waals surface area (Å²) in [5.41, 5.74) is 3.47. The summed E-state index contributed by atoms with van der Waals surface area (Å²) in [5.74, 6) is 0.951. The molecule has 1 aromatic heterocycles. The fourth-order valence-corrected chi connectivity index (χ4v) is 5.63. The fourth-order valence-electron chi connectivity index (χ4n) is 5.63. The number of halogens is 1. The van der Waals surface area contributed by atoms with Crippen molar-refractivity contribution in [2.24, 2.45) is 0 Å². The van der Waals surface area contributed by atoms with E-state index in [-0.39, 0.29) is 11.7 Å². The van der Waals surface area contributed by atoms with E-state index in [2.05, 4.69) is 41.0 Å². The van der Waals surface area contributed by atoms with Gasteiger partial charge in [-0.2, -0.15) is 0 Å². The van der Waals surface area contributed by atoms with Crippen molar-refractivity contribution in [2.75, 3.05) is 31.1 Å². The van der Waals surface area contributed by atoms with Gasteiger partial charge in [-0.15, -0.1) is 0 Å². The predicted molar refractivity (Wildman–Crippen MR) is 141 cm³/mol. The minimum atomic E-state index is -0.204. The Bertz CT molecular complexity index is 1160. The molecule has 190 valence electrons. The van der Waals surface area contributed by atoms with Gasteiger partial charge in [-0.1, -0.05) is 49.6 Å². The van der Waals surface area contributed by atoms with Crippen LogP contribution in [0, 0.1) is 12.7 Å². The Hall–Kier alpha value is -3.12. The summed E-state index contributed by atoms with van der Waals surface area (Å²) >= 11 is 0. The van der Waals surface area contributed by atoms with Crippen molar-refractivity contribution in [2.45, 2.75) is 58.2 Å². The van der Waals surface area contributed by atoms with Crippen molar-refractivity contribution in [3.05, 3.63) is 89.1 Å². The number of anilines is 1. The van der Waals surface area contributed by atoms with Crippen molar-refractivity contribution < 1.29 is 13.6 Å². The van der Waals surface area contributed by atoms with Crippen LogP contribution in [0.15, 0.2) is 65.1 Å². The maximum atomic E-state index is 13.8. The second-order valence-corrected chi connectivity index (χ2v) is 10.2. The van der Waals surface area contributed by atoms with E-state index in [0.717, 1.165) is 37.3 Å². The third-order valence-corrected chi connectivity index (χ3v) is 7.62. The van der Waals surface area contributed by atoms with Crippen molar-refractivity contribution in [1.29, 1.82) is 0 Å². The Balaban J connectivity index is 1.23. The summed E-state index contributed by atoms with van der Waals surface area (Å²) in [5, 5.41) is 0. The summed E-state index contributed by atoms with van der Waals surface area (Å²) in [4.78, 5) is 19.8. The van der Waals surface area contributed by atoms with Gasteiger partial charge in [-0.25, -0.2) is 4.39 Å². The van der Waals surface area contributed by atoms with Crippen LogP contribution in [0.3, 0.4) is 0 Å². The van der Waals surface area contributed by atoms with Crippen LogP contribution in [0.4, 0.5) is 10.1 Å². The summed E-state index contributed by atoms with van der Waals surface area (Å²) in [6, 6.07) is 19.4. The SMILES string of the molecule is Cc1ccccc1N1CCN(C(=O)c2ccc(CN(Cc3cccc(F)c3)C3CCCCC3)o2)CC1. The number of hydrogen-bond acceptors (Lipinski definition) is 4. The van der Waals surface area contributed by atoms with E-state index in [9.17, 15) is 9.18 Å². The molecular formula is C30H36FN3O2. The van der Waals surface area contributed by atoms with Gasteiger partial charge in [-0.3, -0.25) is 9.69 Å². The number of hydrogen-bond donors (Lipinski definition) is 0. The zero-order valence-corrected chi connectivity index (χ0v) is 21.2. The lowest BCUT2D eigenvalue weighted by atomic mass is 9.93. The third-order valence-electron chi connectivity index (χ3n) is 7.62. The molecule has 0 bridgehead atoms. The average molecular weight is 490 g/mol. The zero-order valence-electron chi connectivity index (χ0n) is 21.2. The van der Waals surface area contributed by atoms with Crippen LogP contribution >= 0.6 is 0 Å². The van der Waals surface area contributed by atoms with E-state index in [1.807, 2.05) is 23.1 Å². The number of para-hydroxylation sites is 1. The smallest absolute Gasteiger partial charge is 0.289 e. The molecule has 2 aliphatic rings. The number of carbonyl (C=O) groups excluding carboxylic acids is 1. The van der Waals surface area contributed by atoms with Crippen LogP contribution in [-0.2, 0) is 13.1 Å². The zero-order chi connectivity index (χ0) is 24.9. The Kier molecular flexibility index (Phi) is 7.71. The largest absolute Gasteiger partial charge is 0.455 e. The first-order valence-electron chi connectivity index (χ1n) is 13.2. The van der Waals surface area contributed by atoms with Crippen molar-refractivity contribution in [3.8, 4) is 0 Å². The quantitative estimate of drug-likeness (QED) is 0.407. The molecule has 0 spiro atoms. The first-order chi connectivity index (χ1) is 17.6. The Morgan fingerprint density at radius 1 is 0.944 bits per heavy atom. The molecule has 6 heteroatoms. The second kappa shape index (κ2) is 11.3. The molecule has 3 aromatic rings. The molecule has 2 aromatic carbocycles. The van der Waals surface area contributed by atoms with Gasteiger partial charge < -0.3 is 14.2 Å². The number of rotatable bonds is 7. The Morgan fingerprint density at radius 2 is 1.72 bits per heavy atom. The molecule has 36 heavy (non-hydrogen) atoms. The summed E-state index contributed by atoms with van der Waals surface area (Å²) < 4.78 is 19.9. The number of piperazine rings is 1. The monoisotopic (exact) mass is 489 g/mol. The molecule has 0 unspecified atom stereocenters. The molecule has 5 nitrogen and oxygen atoms in total. The van der Waals surface area contributed by atoms with Gasteiger partial charge in [-0.05, 0) is 61.2 Å². The van der Waals surface area contributed by atoms with Crippen LogP contribution in [0.25, 0.3) is 0 Å². The highest BCUT2D eigenvalue weighted by Gasteiger charge is 2.26. The summed E-state index contributed by atoms with van der Waals surface area (Å²) in [7, 11) is 0. The van der Waals surface area contributed by atoms with E-state index < -0.39 is 0 Å². The summed E-state index contributed by atoms with van der Waals surface area (Å²) in [6.45, 7) is 6.40. The minimum absolute atomic E-state index is 0.0416. The standard InChI is InChI=1S/C30H36FN3O2/c1-23-8-5-6-13-28(23)32-16-18-33(19-17-32)30(35)29-15-14-27(36-29)22-34(26-11-3-2-4-12-26)21-24-9-7-10-25(31)20-24/h5-10,13-15,20,26H,2-4,11-12,16-19,21-22H2,1H3. The number of carbonyl (C=O) groups is 1. The highest BCUT2D eigenvalue weighted by molar-refractivity contribution is 5.91. The summed E-state index contributed by atoms with van der Waals surface area (Å²) in [6.07, 6.45) is 6.02. The maximum absolute atomic E-state index is 13.8. The highest BCUT2D eigenvalue weighted by atomic mass is 19.1. The number of amides is 1. The van der Waals surface area contributed by atoms with Gasteiger partial charge in [0.15, 0.2) is 5.76 Å². The highest BCUT2D eigenvalue weighted by Crippen LogP contribution is 2.27. The van der Waals surface area contributed by atoms with Gasteiger partial charge in [0.05, 0.1) is 6.54 Å². The van der Waals surface area contributed by atoms with Crippen LogP contribution < -0.4 is 4.90 Å². The first kappa shape index (κ1) is 24.6. The van der Waals surface area contributed by atoms with Crippen LogP contribution in [-0.4, -0.2) is 47.9 Å². The molecule has 0 radical (unpaired) electrons. The average Bonchev–Trinajstić information content (AvgIpc) is 3.37. The third kappa shape index (κ3) is 5.81. The fraction of sp³-hybridized carbons (Fsp3) is 0.433. The van der Waals surface area contributed by atoms with Crippen LogP contribution in [0.5, 0.6) is 0 Å². The van der Waals surface area contributed by atoms with E-state index in [4.69, 9.17) is 4.42 Å². The second-order valence-electron chi connectivity index (χ2n) is 10.2. The minimum Gasteiger partial charge on any atom is -0.455 e. The van der Waals surface area contributed by atoms with E-state index >= 15 is 0 Å². The van der Waals surface area contributed by atoms with Crippen LogP contribution in [0.2, 0.25) is 0 Å². The lowest BCUT2D eigenvalue weighted by Crippen LogP contribution is -2.48. The number of aryl methyl sites for hydroxylation is 1. The molecule has 1 aliphatic heterocycles. The Labute approximate surface area is 213 Å².